The molecular formula is C45H28N4S. The first-order valence-electron chi connectivity index (χ1n) is 23.4. The maximum Gasteiger partial charge on any atom is 0.164 e. The fourth-order valence-corrected chi connectivity index (χ4v) is 7.09. The van der Waals surface area contributed by atoms with E-state index in [0.717, 1.165) is 23.5 Å². The second-order valence-corrected chi connectivity index (χ2v) is 12.2. The zero-order valence-corrected chi connectivity index (χ0v) is 26.4. The van der Waals surface area contributed by atoms with Crippen molar-refractivity contribution in [1.82, 2.24) is 19.5 Å². The van der Waals surface area contributed by atoms with E-state index >= 15 is 0 Å². The van der Waals surface area contributed by atoms with E-state index in [1.54, 1.807) is 60.7 Å². The molecule has 0 N–H and O–H groups in total. The molecule has 0 radical (unpaired) electrons. The summed E-state index contributed by atoms with van der Waals surface area (Å²) in [5.74, 6) is 0.0386. The minimum absolute atomic E-state index is 0.0212. The predicted molar refractivity (Wildman–Crippen MR) is 209 cm³/mol. The Kier molecular flexibility index (Phi) is 3.90. The third kappa shape index (κ3) is 4.63. The second kappa shape index (κ2) is 11.6. The third-order valence-electron chi connectivity index (χ3n) is 8.25. The highest BCUT2D eigenvalue weighted by atomic mass is 32.1. The molecular weight excluding hydrogens is 629 g/mol. The molecule has 4 nitrogen and oxygen atoms in total. The Morgan fingerprint density at radius 1 is 0.460 bits per heavy atom. The molecule has 3 heterocycles. The SMILES string of the molecule is [2H]c1cc([2H])c2c(c1[2H])c1c([2H])c([2H])cc([2H])c1n2-c1c([2H])c(-c2nc(-c3ccccc3)nc(-c3ccccc3)n2)c([2H])c([2H])c1-c1c([2H])c([2H])c([2H])c2c1sc1c([2H])c([2H])c([2H])c([2H])c12. The fraction of sp³-hybridized carbons (Fsp3) is 0. The number of hydrogen-bond donors (Lipinski definition) is 0. The molecule has 5 heteroatoms. The van der Waals surface area contributed by atoms with Crippen LogP contribution in [0.5, 0.6) is 0 Å². The number of nitrogens with zero attached hydrogens (tertiary/aromatic N) is 4. The summed E-state index contributed by atoms with van der Waals surface area (Å²) in [4.78, 5) is 14.2. The number of thiophene rings is 1. The standard InChI is InChI=1S/C45H28N4S/c1-3-14-29(15-4-1)43-46-44(30-16-5-2-6-17-30)48-45(47-43)31-26-27-34(36-21-13-22-37-35-20-9-12-25-41(35)50-42(36)37)40(28-31)49-38-23-10-7-18-32(38)33-19-8-11-24-39(33)49/h1-28H/i7D,8D,9D,12D,13D,18D,19D,20D,21D,22D,23D,24D,25D,26D,27D,28D. The van der Waals surface area contributed by atoms with Gasteiger partial charge in [-0.3, -0.25) is 0 Å². The van der Waals surface area contributed by atoms with Crippen LogP contribution in [0.3, 0.4) is 0 Å². The molecule has 0 spiro atoms. The normalized spacial score (nSPS) is 16.1. The molecule has 0 aliphatic rings. The zero-order chi connectivity index (χ0) is 46.9. The van der Waals surface area contributed by atoms with Crippen LogP contribution in [-0.2, 0) is 0 Å². The number of benzene rings is 7. The van der Waals surface area contributed by atoms with Crippen LogP contribution in [0.4, 0.5) is 0 Å². The summed E-state index contributed by atoms with van der Waals surface area (Å²) in [5, 5.41) is -0.638. The first-order chi connectivity index (χ1) is 31.4. The van der Waals surface area contributed by atoms with E-state index in [0.29, 0.717) is 11.1 Å². The van der Waals surface area contributed by atoms with Crippen LogP contribution in [0, 0.1) is 0 Å². The van der Waals surface area contributed by atoms with Gasteiger partial charge in [0.05, 0.1) is 38.7 Å². The highest BCUT2D eigenvalue weighted by Gasteiger charge is 2.20. The minimum atomic E-state index is -0.710. The van der Waals surface area contributed by atoms with Crippen molar-refractivity contribution in [2.45, 2.75) is 0 Å². The summed E-state index contributed by atoms with van der Waals surface area (Å²) in [7, 11) is 0. The average molecular weight is 673 g/mol. The Labute approximate surface area is 315 Å². The van der Waals surface area contributed by atoms with E-state index in [2.05, 4.69) is 0 Å². The average Bonchev–Trinajstić information content (AvgIpc) is 3.89. The van der Waals surface area contributed by atoms with Crippen molar-refractivity contribution in [3.63, 3.8) is 0 Å². The van der Waals surface area contributed by atoms with Gasteiger partial charge >= 0.3 is 0 Å². The summed E-state index contributed by atoms with van der Waals surface area (Å²) >= 11 is 0.766. The quantitative estimate of drug-likeness (QED) is 0.183. The maximum atomic E-state index is 10.3. The third-order valence-corrected chi connectivity index (χ3v) is 9.38. The Balaban J connectivity index is 1.47. The lowest BCUT2D eigenvalue weighted by Gasteiger charge is -2.17. The molecule has 0 saturated carbocycles. The summed E-state index contributed by atoms with van der Waals surface area (Å²) in [6.45, 7) is 0. The van der Waals surface area contributed by atoms with Crippen LogP contribution in [0.15, 0.2) is 169 Å². The Morgan fingerprint density at radius 3 is 1.70 bits per heavy atom. The van der Waals surface area contributed by atoms with Gasteiger partial charge in [-0.2, -0.15) is 0 Å². The smallest absolute Gasteiger partial charge is 0.164 e. The van der Waals surface area contributed by atoms with E-state index in [4.69, 9.17) is 28.7 Å². The Bertz CT molecular complexity index is 3650. The van der Waals surface area contributed by atoms with Gasteiger partial charge in [0.1, 0.15) is 0 Å². The molecule has 3 aromatic heterocycles. The van der Waals surface area contributed by atoms with Crippen LogP contribution in [0.25, 0.3) is 93.0 Å². The van der Waals surface area contributed by atoms with Crippen LogP contribution in [-0.4, -0.2) is 19.5 Å². The van der Waals surface area contributed by atoms with Gasteiger partial charge in [-0.05, 0) is 24.2 Å². The van der Waals surface area contributed by atoms with Crippen molar-refractivity contribution in [1.29, 1.82) is 0 Å². The van der Waals surface area contributed by atoms with Gasteiger partial charge < -0.3 is 4.57 Å². The van der Waals surface area contributed by atoms with Gasteiger partial charge in [-0.25, -0.2) is 15.0 Å². The number of para-hydroxylation sites is 2. The van der Waals surface area contributed by atoms with Crippen LogP contribution in [0.1, 0.15) is 21.9 Å². The molecule has 0 amide bonds. The molecule has 0 bridgehead atoms. The van der Waals surface area contributed by atoms with E-state index in [1.165, 1.54) is 4.57 Å². The number of rotatable bonds is 5. The maximum absolute atomic E-state index is 10.3. The van der Waals surface area contributed by atoms with Crippen LogP contribution in [0.2, 0.25) is 0 Å². The van der Waals surface area contributed by atoms with E-state index in [-0.39, 0.29) is 70.6 Å². The highest BCUT2D eigenvalue weighted by molar-refractivity contribution is 7.26. The molecule has 10 rings (SSSR count). The lowest BCUT2D eigenvalue weighted by molar-refractivity contribution is 1.07. The van der Waals surface area contributed by atoms with Gasteiger partial charge in [0.25, 0.3) is 0 Å². The van der Waals surface area contributed by atoms with Crippen molar-refractivity contribution in [3.05, 3.63) is 169 Å². The van der Waals surface area contributed by atoms with Gasteiger partial charge in [-0.1, -0.05) is 145 Å². The molecule has 50 heavy (non-hydrogen) atoms. The summed E-state index contributed by atoms with van der Waals surface area (Å²) < 4.78 is 147. The molecule has 234 valence electrons. The molecule has 0 saturated heterocycles. The summed E-state index contributed by atoms with van der Waals surface area (Å²) in [5.41, 5.74) is -0.843. The summed E-state index contributed by atoms with van der Waals surface area (Å²) in [6.07, 6.45) is 0. The fourth-order valence-electron chi connectivity index (χ4n) is 6.02. The molecule has 0 fully saturated rings. The second-order valence-electron chi connectivity index (χ2n) is 11.2. The summed E-state index contributed by atoms with van der Waals surface area (Å²) in [6, 6.07) is 11.2. The van der Waals surface area contributed by atoms with Crippen molar-refractivity contribution in [2.24, 2.45) is 0 Å². The van der Waals surface area contributed by atoms with Crippen LogP contribution < -0.4 is 0 Å². The van der Waals surface area contributed by atoms with Crippen molar-refractivity contribution in [2.75, 3.05) is 0 Å². The monoisotopic (exact) mass is 672 g/mol. The van der Waals surface area contributed by atoms with Gasteiger partial charge in [-0.15, -0.1) is 11.3 Å². The molecule has 7 aromatic carbocycles. The molecule has 0 aliphatic carbocycles. The predicted octanol–water partition coefficient (Wildman–Crippen LogP) is 12.0. The van der Waals surface area contributed by atoms with Crippen molar-refractivity contribution >= 4 is 53.3 Å². The number of fused-ring (bicyclic) bond motifs is 6. The molecule has 0 unspecified atom stereocenters. The molecule has 0 atom stereocenters. The topological polar surface area (TPSA) is 43.6 Å². The van der Waals surface area contributed by atoms with Crippen molar-refractivity contribution < 1.29 is 21.9 Å². The van der Waals surface area contributed by atoms with Crippen molar-refractivity contribution in [3.8, 4) is 51.0 Å². The van der Waals surface area contributed by atoms with Gasteiger partial charge in [0, 0.05) is 58.8 Å². The van der Waals surface area contributed by atoms with E-state index < -0.39 is 108 Å². The van der Waals surface area contributed by atoms with Crippen LogP contribution >= 0.6 is 11.3 Å². The number of hydrogen-bond acceptors (Lipinski definition) is 4. The lowest BCUT2D eigenvalue weighted by Crippen LogP contribution is -2.02. The molecule has 0 aliphatic heterocycles. The van der Waals surface area contributed by atoms with E-state index in [1.807, 2.05) is 0 Å². The van der Waals surface area contributed by atoms with Gasteiger partial charge in [0.15, 0.2) is 17.5 Å². The first-order valence-corrected chi connectivity index (χ1v) is 16.2. The largest absolute Gasteiger partial charge is 0.309 e. The molecule has 10 aromatic rings. The zero-order valence-electron chi connectivity index (χ0n) is 41.6. The first kappa shape index (κ1) is 16.8. The Morgan fingerprint density at radius 2 is 1.04 bits per heavy atom. The lowest BCUT2D eigenvalue weighted by atomic mass is 9.98. The number of aromatic nitrogens is 4. The minimum Gasteiger partial charge on any atom is -0.309 e. The Hall–Kier alpha value is -6.43. The van der Waals surface area contributed by atoms with E-state index in [9.17, 15) is 8.22 Å². The highest BCUT2D eigenvalue weighted by Crippen LogP contribution is 2.44. The van der Waals surface area contributed by atoms with Gasteiger partial charge in [0.2, 0.25) is 0 Å².